The first-order chi connectivity index (χ1) is 14.0. The predicted molar refractivity (Wildman–Crippen MR) is 104 cm³/mol. The van der Waals surface area contributed by atoms with Crippen molar-refractivity contribution in [2.75, 3.05) is 7.11 Å². The zero-order valence-electron chi connectivity index (χ0n) is 15.2. The smallest absolute Gasteiger partial charge is 0.340 e. The second-order valence-corrected chi connectivity index (χ2v) is 6.16. The van der Waals surface area contributed by atoms with E-state index in [1.165, 1.54) is 36.1 Å². The van der Waals surface area contributed by atoms with E-state index in [2.05, 4.69) is 0 Å². The average Bonchev–Trinajstić information content (AvgIpc) is 3.38. The van der Waals surface area contributed by atoms with Gasteiger partial charge in [0.05, 0.1) is 28.7 Å². The van der Waals surface area contributed by atoms with Gasteiger partial charge in [-0.3, -0.25) is 19.5 Å². The van der Waals surface area contributed by atoms with Gasteiger partial charge in [-0.1, -0.05) is 30.3 Å². The third-order valence-corrected chi connectivity index (χ3v) is 4.52. The molecule has 4 aromatic rings. The molecule has 0 fully saturated rings. The Kier molecular flexibility index (Phi) is 4.44. The number of furan rings is 1. The van der Waals surface area contributed by atoms with Gasteiger partial charge in [-0.2, -0.15) is 0 Å². The monoisotopic (exact) mass is 390 g/mol. The molecule has 0 radical (unpaired) electrons. The van der Waals surface area contributed by atoms with E-state index in [4.69, 9.17) is 9.15 Å². The van der Waals surface area contributed by atoms with Crippen LogP contribution in [0.1, 0.15) is 20.9 Å². The first kappa shape index (κ1) is 18.2. The molecule has 144 valence electrons. The maximum absolute atomic E-state index is 13.0. The number of para-hydroxylation sites is 2. The standard InChI is InChI=1S/C21H14N2O6/c1-28-21(25)15-12-22(16-8-4-2-6-13(15)16)20(24)19-11-10-18(29-19)14-7-3-5-9-17(14)23(26)27/h2-12H,1H3. The lowest BCUT2D eigenvalue weighted by Gasteiger charge is -2.02. The molecule has 0 saturated carbocycles. The summed E-state index contributed by atoms with van der Waals surface area (Å²) in [6, 6.07) is 16.0. The van der Waals surface area contributed by atoms with Gasteiger partial charge in [0.2, 0.25) is 0 Å². The lowest BCUT2D eigenvalue weighted by atomic mass is 10.1. The topological polar surface area (TPSA) is 105 Å². The van der Waals surface area contributed by atoms with Gasteiger partial charge in [-0.05, 0) is 24.3 Å². The van der Waals surface area contributed by atoms with Crippen LogP contribution in [0.25, 0.3) is 22.2 Å². The minimum Gasteiger partial charge on any atom is -0.465 e. The maximum Gasteiger partial charge on any atom is 0.340 e. The number of ether oxygens (including phenoxy) is 1. The maximum atomic E-state index is 13.0. The molecular formula is C21H14N2O6. The SMILES string of the molecule is COC(=O)c1cn(C(=O)c2ccc(-c3ccccc3[N+](=O)[O-])o2)c2ccccc12. The molecule has 0 spiro atoms. The van der Waals surface area contributed by atoms with Crippen LogP contribution in [0.2, 0.25) is 0 Å². The van der Waals surface area contributed by atoms with Crippen LogP contribution in [0.15, 0.2) is 71.3 Å². The highest BCUT2D eigenvalue weighted by Crippen LogP contribution is 2.31. The van der Waals surface area contributed by atoms with Gasteiger partial charge in [-0.15, -0.1) is 0 Å². The number of nitro groups is 1. The van der Waals surface area contributed by atoms with Crippen molar-refractivity contribution in [2.45, 2.75) is 0 Å². The van der Waals surface area contributed by atoms with Crippen LogP contribution in [0.3, 0.4) is 0 Å². The van der Waals surface area contributed by atoms with Gasteiger partial charge in [0.15, 0.2) is 5.76 Å². The number of methoxy groups -OCH3 is 1. The molecule has 2 aromatic heterocycles. The Labute approximate surface area is 164 Å². The fourth-order valence-electron chi connectivity index (χ4n) is 3.18. The van der Waals surface area contributed by atoms with Gasteiger partial charge in [0, 0.05) is 17.6 Å². The summed E-state index contributed by atoms with van der Waals surface area (Å²) in [6.45, 7) is 0. The molecule has 8 nitrogen and oxygen atoms in total. The molecule has 0 aliphatic carbocycles. The summed E-state index contributed by atoms with van der Waals surface area (Å²) in [6.07, 6.45) is 1.39. The van der Waals surface area contributed by atoms with E-state index < -0.39 is 16.8 Å². The molecule has 0 atom stereocenters. The number of nitro benzene ring substituents is 1. The number of rotatable bonds is 4. The summed E-state index contributed by atoms with van der Waals surface area (Å²) in [5.74, 6) is -0.894. The van der Waals surface area contributed by atoms with Gasteiger partial charge < -0.3 is 9.15 Å². The number of carbonyl (C=O) groups excluding carboxylic acids is 2. The van der Waals surface area contributed by atoms with E-state index in [0.29, 0.717) is 10.9 Å². The summed E-state index contributed by atoms with van der Waals surface area (Å²) >= 11 is 0. The van der Waals surface area contributed by atoms with Gasteiger partial charge in [0.25, 0.3) is 11.6 Å². The average molecular weight is 390 g/mol. The molecule has 0 bridgehead atoms. The molecule has 4 rings (SSSR count). The van der Waals surface area contributed by atoms with E-state index in [1.807, 2.05) is 0 Å². The summed E-state index contributed by atoms with van der Waals surface area (Å²) in [5.41, 5.74) is 0.910. The third kappa shape index (κ3) is 3.06. The first-order valence-corrected chi connectivity index (χ1v) is 8.58. The van der Waals surface area contributed by atoms with E-state index in [9.17, 15) is 19.7 Å². The number of esters is 1. The summed E-state index contributed by atoms with van der Waals surface area (Å²) in [4.78, 5) is 35.8. The predicted octanol–water partition coefficient (Wildman–Crippen LogP) is 4.28. The first-order valence-electron chi connectivity index (χ1n) is 8.58. The van der Waals surface area contributed by atoms with Crippen molar-refractivity contribution in [3.63, 3.8) is 0 Å². The van der Waals surface area contributed by atoms with Gasteiger partial charge >= 0.3 is 5.97 Å². The Morgan fingerprint density at radius 2 is 1.76 bits per heavy atom. The van der Waals surface area contributed by atoms with Crippen LogP contribution in [0.5, 0.6) is 0 Å². The number of fused-ring (bicyclic) bond motifs is 1. The number of carbonyl (C=O) groups is 2. The zero-order chi connectivity index (χ0) is 20.5. The minimum atomic E-state index is -0.562. The molecule has 29 heavy (non-hydrogen) atoms. The number of nitrogens with zero attached hydrogens (tertiary/aromatic N) is 2. The Morgan fingerprint density at radius 3 is 2.52 bits per heavy atom. The molecule has 0 N–H and O–H groups in total. The van der Waals surface area contributed by atoms with E-state index in [0.717, 1.165) is 0 Å². The van der Waals surface area contributed by atoms with Gasteiger partial charge in [0.1, 0.15) is 5.76 Å². The van der Waals surface area contributed by atoms with E-state index in [1.54, 1.807) is 42.5 Å². The molecule has 2 heterocycles. The van der Waals surface area contributed by atoms with Crippen LogP contribution in [0, 0.1) is 10.1 Å². The van der Waals surface area contributed by atoms with Crippen LogP contribution < -0.4 is 0 Å². The minimum absolute atomic E-state index is 0.0182. The Balaban J connectivity index is 1.78. The largest absolute Gasteiger partial charge is 0.465 e. The molecular weight excluding hydrogens is 376 g/mol. The number of hydrogen-bond acceptors (Lipinski definition) is 6. The van der Waals surface area contributed by atoms with Crippen LogP contribution in [0.4, 0.5) is 5.69 Å². The second-order valence-electron chi connectivity index (χ2n) is 6.16. The van der Waals surface area contributed by atoms with Crippen LogP contribution in [-0.2, 0) is 4.74 Å². The highest BCUT2D eigenvalue weighted by Gasteiger charge is 2.23. The zero-order valence-corrected chi connectivity index (χ0v) is 15.2. The summed E-state index contributed by atoms with van der Waals surface area (Å²) < 4.78 is 11.7. The van der Waals surface area contributed by atoms with Crippen molar-refractivity contribution in [1.82, 2.24) is 4.57 Å². The number of hydrogen-bond donors (Lipinski definition) is 0. The molecule has 0 unspecified atom stereocenters. The summed E-state index contributed by atoms with van der Waals surface area (Å²) in [5, 5.41) is 11.8. The lowest BCUT2D eigenvalue weighted by Crippen LogP contribution is -2.10. The molecule has 0 aliphatic rings. The van der Waals surface area contributed by atoms with Crippen molar-refractivity contribution in [2.24, 2.45) is 0 Å². The van der Waals surface area contributed by atoms with Crippen molar-refractivity contribution in [3.8, 4) is 11.3 Å². The Hall–Kier alpha value is -4.20. The lowest BCUT2D eigenvalue weighted by molar-refractivity contribution is -0.384. The van der Waals surface area contributed by atoms with E-state index >= 15 is 0 Å². The van der Waals surface area contributed by atoms with Gasteiger partial charge in [-0.25, -0.2) is 4.79 Å². The molecule has 8 heteroatoms. The van der Waals surface area contributed by atoms with Crippen LogP contribution >= 0.6 is 0 Å². The fourth-order valence-corrected chi connectivity index (χ4v) is 3.18. The Bertz CT molecular complexity index is 1270. The molecule has 2 aromatic carbocycles. The second kappa shape index (κ2) is 7.08. The molecule has 0 amide bonds. The summed E-state index contributed by atoms with van der Waals surface area (Å²) in [7, 11) is 1.27. The van der Waals surface area contributed by atoms with Crippen molar-refractivity contribution >= 4 is 28.5 Å². The highest BCUT2D eigenvalue weighted by molar-refractivity contribution is 6.09. The van der Waals surface area contributed by atoms with Crippen molar-refractivity contribution in [3.05, 3.63) is 88.3 Å². The molecule has 0 aliphatic heterocycles. The number of benzene rings is 2. The molecule has 0 saturated heterocycles. The van der Waals surface area contributed by atoms with E-state index in [-0.39, 0.29) is 28.3 Å². The highest BCUT2D eigenvalue weighted by atomic mass is 16.6. The Morgan fingerprint density at radius 1 is 1.03 bits per heavy atom. The normalized spacial score (nSPS) is 10.8. The van der Waals surface area contributed by atoms with Crippen LogP contribution in [-0.4, -0.2) is 28.5 Å². The third-order valence-electron chi connectivity index (χ3n) is 4.52. The van der Waals surface area contributed by atoms with Crippen molar-refractivity contribution in [1.29, 1.82) is 0 Å². The van der Waals surface area contributed by atoms with Crippen molar-refractivity contribution < 1.29 is 23.7 Å². The quantitative estimate of drug-likeness (QED) is 0.292. The number of aromatic nitrogens is 1. The fraction of sp³-hybridized carbons (Fsp3) is 0.0476.